The molecule has 0 bridgehead atoms. The van der Waals surface area contributed by atoms with Crippen LogP contribution in [0.5, 0.6) is 5.75 Å². The third-order valence-electron chi connectivity index (χ3n) is 11.3. The molecule has 1 saturated heterocycles. The summed E-state index contributed by atoms with van der Waals surface area (Å²) in [4.78, 5) is 29.8. The molecule has 5 rings (SSSR count). The van der Waals surface area contributed by atoms with Crippen molar-refractivity contribution in [1.29, 1.82) is 0 Å². The summed E-state index contributed by atoms with van der Waals surface area (Å²) in [5.74, 6) is 0.745. The van der Waals surface area contributed by atoms with Gasteiger partial charge in [0.1, 0.15) is 5.75 Å². The van der Waals surface area contributed by atoms with E-state index in [0.717, 1.165) is 67.8 Å². The molecule has 0 saturated carbocycles. The first kappa shape index (κ1) is 44.2. The molecular formula is C48H68ClN5O3. The zero-order valence-corrected chi connectivity index (χ0v) is 36.0. The lowest BCUT2D eigenvalue weighted by atomic mass is 10.0. The third-order valence-corrected chi connectivity index (χ3v) is 11.6. The number of ether oxygens (including phenoxy) is 1. The number of nitrogens with zero attached hydrogens (tertiary/aromatic N) is 3. The number of likely N-dealkylation sites (tertiary alicyclic amines) is 1. The maximum Gasteiger partial charge on any atom is 0.272 e. The van der Waals surface area contributed by atoms with Gasteiger partial charge in [-0.05, 0) is 113 Å². The van der Waals surface area contributed by atoms with Gasteiger partial charge in [-0.25, -0.2) is 0 Å². The summed E-state index contributed by atoms with van der Waals surface area (Å²) in [5, 5.41) is 13.0. The monoisotopic (exact) mass is 798 g/mol. The average molecular weight is 799 g/mol. The lowest BCUT2D eigenvalue weighted by Gasteiger charge is -2.31. The number of carbonyl (C=O) groups excluding carboxylic acids is 2. The zero-order chi connectivity index (χ0) is 40.4. The largest absolute Gasteiger partial charge is 0.491 e. The first-order valence-electron chi connectivity index (χ1n) is 22.1. The van der Waals surface area contributed by atoms with Crippen LogP contribution < -0.4 is 20.4 Å². The summed E-state index contributed by atoms with van der Waals surface area (Å²) < 4.78 is 6.32. The topological polar surface area (TPSA) is 86.3 Å². The number of amides is 2. The van der Waals surface area contributed by atoms with E-state index in [1.54, 1.807) is 6.07 Å². The second-order valence-electron chi connectivity index (χ2n) is 16.4. The van der Waals surface area contributed by atoms with Crippen LogP contribution in [0, 0.1) is 13.8 Å². The Hall–Kier alpha value is -3.88. The lowest BCUT2D eigenvalue weighted by Crippen LogP contribution is -2.53. The fourth-order valence-corrected chi connectivity index (χ4v) is 8.57. The molecule has 8 nitrogen and oxygen atoms in total. The van der Waals surface area contributed by atoms with E-state index < -0.39 is 6.04 Å². The molecule has 2 unspecified atom stereocenters. The van der Waals surface area contributed by atoms with E-state index in [9.17, 15) is 9.59 Å². The van der Waals surface area contributed by atoms with Crippen LogP contribution in [0.25, 0.3) is 0 Å². The molecule has 2 aliphatic heterocycles. The number of anilines is 2. The van der Waals surface area contributed by atoms with Crippen molar-refractivity contribution in [3.63, 3.8) is 0 Å². The van der Waals surface area contributed by atoms with E-state index in [0.29, 0.717) is 28.7 Å². The number of hydrazone groups is 1. The van der Waals surface area contributed by atoms with Crippen LogP contribution in [0.2, 0.25) is 5.02 Å². The predicted octanol–water partition coefficient (Wildman–Crippen LogP) is 11.8. The molecule has 3 aromatic carbocycles. The van der Waals surface area contributed by atoms with Gasteiger partial charge in [0, 0.05) is 24.2 Å². The summed E-state index contributed by atoms with van der Waals surface area (Å²) in [7, 11) is 0. The number of hydrogen-bond acceptors (Lipinski definition) is 6. The number of hydrogen-bond donors (Lipinski definition) is 2. The minimum atomic E-state index is -0.672. The Morgan fingerprint density at radius 1 is 0.860 bits per heavy atom. The van der Waals surface area contributed by atoms with Crippen molar-refractivity contribution in [2.45, 2.75) is 155 Å². The van der Waals surface area contributed by atoms with E-state index in [4.69, 9.17) is 21.4 Å². The Morgan fingerprint density at radius 3 is 2.21 bits per heavy atom. The van der Waals surface area contributed by atoms with Crippen LogP contribution in [-0.4, -0.2) is 54.3 Å². The molecular weight excluding hydrogens is 730 g/mol. The molecule has 1 fully saturated rings. The van der Waals surface area contributed by atoms with Gasteiger partial charge in [-0.3, -0.25) is 14.5 Å². The predicted molar refractivity (Wildman–Crippen MR) is 238 cm³/mol. The van der Waals surface area contributed by atoms with Crippen molar-refractivity contribution >= 4 is 40.6 Å². The Kier molecular flexibility index (Phi) is 18.2. The molecule has 3 aromatic rings. The van der Waals surface area contributed by atoms with Gasteiger partial charge in [-0.2, -0.15) is 5.01 Å². The summed E-state index contributed by atoms with van der Waals surface area (Å²) >= 11 is 6.66. The SMILES string of the molecule is CCCCCCCCCCCCCCCc1cccc(OC(C)CCNc2cccc(C(=O)NC3=NN(c4c(C)cc(C)cc4Cl)C(=O)C3N3CCCCC3)c2)c1. The molecule has 57 heavy (non-hydrogen) atoms. The molecule has 0 aromatic heterocycles. The highest BCUT2D eigenvalue weighted by Crippen LogP contribution is 2.35. The highest BCUT2D eigenvalue weighted by Gasteiger charge is 2.43. The first-order valence-corrected chi connectivity index (χ1v) is 22.5. The Balaban J connectivity index is 1.05. The van der Waals surface area contributed by atoms with Crippen LogP contribution in [0.4, 0.5) is 11.4 Å². The van der Waals surface area contributed by atoms with Crippen molar-refractivity contribution in [1.82, 2.24) is 10.2 Å². The summed E-state index contributed by atoms with van der Waals surface area (Å²) in [6.07, 6.45) is 22.8. The van der Waals surface area contributed by atoms with Crippen molar-refractivity contribution in [3.05, 3.63) is 87.9 Å². The quantitative estimate of drug-likeness (QED) is 0.0933. The second-order valence-corrected chi connectivity index (χ2v) is 16.8. The molecule has 0 aliphatic carbocycles. The maximum absolute atomic E-state index is 14.0. The molecule has 2 amide bonds. The normalized spacial score (nSPS) is 16.4. The van der Waals surface area contributed by atoms with Crippen molar-refractivity contribution in [2.75, 3.05) is 30.0 Å². The van der Waals surface area contributed by atoms with E-state index >= 15 is 0 Å². The first-order chi connectivity index (χ1) is 27.7. The van der Waals surface area contributed by atoms with Crippen LogP contribution in [0.15, 0.2) is 65.8 Å². The van der Waals surface area contributed by atoms with Gasteiger partial charge in [0.15, 0.2) is 11.9 Å². The third kappa shape index (κ3) is 13.9. The van der Waals surface area contributed by atoms with Gasteiger partial charge in [0.05, 0.1) is 16.8 Å². The smallest absolute Gasteiger partial charge is 0.272 e. The molecule has 9 heteroatoms. The second kappa shape index (κ2) is 23.5. The maximum atomic E-state index is 14.0. The van der Waals surface area contributed by atoms with Crippen molar-refractivity contribution in [3.8, 4) is 5.75 Å². The van der Waals surface area contributed by atoms with Gasteiger partial charge in [0.25, 0.3) is 11.8 Å². The van der Waals surface area contributed by atoms with Crippen LogP contribution >= 0.6 is 11.6 Å². The summed E-state index contributed by atoms with van der Waals surface area (Å²) in [5.41, 5.74) is 5.09. The zero-order valence-electron chi connectivity index (χ0n) is 35.2. The number of carbonyl (C=O) groups is 2. The van der Waals surface area contributed by atoms with E-state index in [2.05, 4.69) is 47.6 Å². The molecule has 2 atom stereocenters. The van der Waals surface area contributed by atoms with E-state index in [1.165, 1.54) is 94.0 Å². The highest BCUT2D eigenvalue weighted by molar-refractivity contribution is 6.35. The molecule has 2 N–H and O–H groups in total. The van der Waals surface area contributed by atoms with Crippen molar-refractivity contribution < 1.29 is 14.3 Å². The standard InChI is InChI=1S/C48H68ClN5O3/c1-5-6-7-8-9-10-11-12-13-14-15-16-18-23-39-24-21-27-42(34-39)57-38(4)28-29-50-41-26-22-25-40(35-41)47(55)51-46-45(53-30-19-17-20-31-53)48(56)54(52-46)44-37(3)32-36(2)33-43(44)49/h21-22,24-27,32-35,38,45,50H,5-20,23,28-31H2,1-4H3,(H,51,52,55). The van der Waals surface area contributed by atoms with Crippen LogP contribution in [0.1, 0.15) is 150 Å². The van der Waals surface area contributed by atoms with Crippen molar-refractivity contribution in [2.24, 2.45) is 5.10 Å². The number of benzene rings is 3. The molecule has 0 radical (unpaired) electrons. The van der Waals surface area contributed by atoms with Crippen LogP contribution in [0.3, 0.4) is 0 Å². The highest BCUT2D eigenvalue weighted by atomic mass is 35.5. The number of halogens is 1. The number of unbranched alkanes of at least 4 members (excludes halogenated alkanes) is 12. The van der Waals surface area contributed by atoms with Gasteiger partial charge < -0.3 is 15.4 Å². The Bertz CT molecular complexity index is 1730. The number of amidine groups is 1. The number of nitrogens with one attached hydrogen (secondary N) is 2. The van der Waals surface area contributed by atoms with Gasteiger partial charge in [-0.1, -0.05) is 126 Å². The van der Waals surface area contributed by atoms with E-state index in [1.807, 2.05) is 50.2 Å². The summed E-state index contributed by atoms with van der Waals surface area (Å²) in [6, 6.07) is 19.2. The van der Waals surface area contributed by atoms with Crippen LogP contribution in [-0.2, 0) is 11.2 Å². The minimum absolute atomic E-state index is 0.0221. The minimum Gasteiger partial charge on any atom is -0.491 e. The molecule has 0 spiro atoms. The van der Waals surface area contributed by atoms with E-state index in [-0.39, 0.29) is 17.9 Å². The number of piperidine rings is 1. The average Bonchev–Trinajstić information content (AvgIpc) is 3.50. The summed E-state index contributed by atoms with van der Waals surface area (Å²) in [6.45, 7) is 10.5. The fraction of sp³-hybridized carbons (Fsp3) is 0.562. The number of aryl methyl sites for hydroxylation is 3. The fourth-order valence-electron chi connectivity index (χ4n) is 8.17. The molecule has 310 valence electrons. The van der Waals surface area contributed by atoms with Gasteiger partial charge in [0.2, 0.25) is 0 Å². The lowest BCUT2D eigenvalue weighted by molar-refractivity contribution is -0.121. The molecule has 2 aliphatic rings. The Morgan fingerprint density at radius 2 is 1.53 bits per heavy atom. The number of rotatable bonds is 23. The van der Waals surface area contributed by atoms with Gasteiger partial charge in [-0.15, -0.1) is 5.10 Å². The van der Waals surface area contributed by atoms with Gasteiger partial charge >= 0.3 is 0 Å². The Labute approximate surface area is 348 Å². The molecule has 2 heterocycles.